The molecule has 0 aromatic heterocycles. The molecule has 152 valence electrons. The van der Waals surface area contributed by atoms with Gasteiger partial charge in [0.15, 0.2) is 0 Å². The fourth-order valence-corrected chi connectivity index (χ4v) is 4.58. The lowest BCUT2D eigenvalue weighted by Gasteiger charge is -2.58. The summed E-state index contributed by atoms with van der Waals surface area (Å²) in [6.07, 6.45) is 0. The number of carbonyl (C=O) groups excluding carboxylic acids is 1. The highest BCUT2D eigenvalue weighted by Crippen LogP contribution is 2.41. The number of rotatable bonds is 4. The zero-order valence-corrected chi connectivity index (χ0v) is 17.4. The second-order valence-electron chi connectivity index (χ2n) is 7.78. The van der Waals surface area contributed by atoms with Crippen molar-refractivity contribution in [3.63, 3.8) is 0 Å². The van der Waals surface area contributed by atoms with Crippen LogP contribution < -0.4 is 15.0 Å². The lowest BCUT2D eigenvalue weighted by Crippen LogP contribution is -2.76. The molecule has 1 amide bonds. The van der Waals surface area contributed by atoms with E-state index in [1.54, 1.807) is 7.11 Å². The number of hydrogen-bond donors (Lipinski definition) is 1. The maximum Gasteiger partial charge on any atom is 0.262 e. The molecule has 2 aliphatic heterocycles. The second-order valence-corrected chi connectivity index (χ2v) is 8.18. The summed E-state index contributed by atoms with van der Waals surface area (Å²) in [6.45, 7) is 2.14. The smallest absolute Gasteiger partial charge is 0.262 e. The van der Waals surface area contributed by atoms with Crippen molar-refractivity contribution in [1.29, 1.82) is 0 Å². The molecular formula is C24H22ClN3O2. The van der Waals surface area contributed by atoms with Crippen LogP contribution in [0.3, 0.4) is 0 Å². The van der Waals surface area contributed by atoms with E-state index in [9.17, 15) is 4.79 Å². The van der Waals surface area contributed by atoms with Crippen molar-refractivity contribution in [1.82, 2.24) is 4.90 Å². The molecule has 5 rings (SSSR count). The molecule has 6 heteroatoms. The number of fused-ring (bicyclic) bond motifs is 1. The first-order chi connectivity index (χ1) is 14.6. The number of benzene rings is 3. The summed E-state index contributed by atoms with van der Waals surface area (Å²) in [5, 5.41) is 4.41. The molecular weight excluding hydrogens is 398 g/mol. The third kappa shape index (κ3) is 3.11. The van der Waals surface area contributed by atoms with E-state index >= 15 is 0 Å². The van der Waals surface area contributed by atoms with E-state index in [-0.39, 0.29) is 5.91 Å². The average molecular weight is 420 g/mol. The number of methoxy groups -OCH3 is 1. The molecule has 2 aliphatic rings. The predicted molar refractivity (Wildman–Crippen MR) is 119 cm³/mol. The maximum absolute atomic E-state index is 13.5. The molecule has 0 aliphatic carbocycles. The number of hydrogen-bond acceptors (Lipinski definition) is 4. The highest BCUT2D eigenvalue weighted by molar-refractivity contribution is 6.31. The minimum Gasteiger partial charge on any atom is -0.497 e. The summed E-state index contributed by atoms with van der Waals surface area (Å²) in [5.41, 5.74) is 3.00. The van der Waals surface area contributed by atoms with Crippen LogP contribution >= 0.6 is 11.6 Å². The molecule has 3 aromatic carbocycles. The molecule has 0 unspecified atom stereocenters. The highest BCUT2D eigenvalue weighted by Gasteiger charge is 2.53. The van der Waals surface area contributed by atoms with Crippen LogP contribution in [0.15, 0.2) is 72.8 Å². The maximum atomic E-state index is 13.5. The van der Waals surface area contributed by atoms with Crippen molar-refractivity contribution in [3.05, 3.63) is 88.9 Å². The number of amides is 1. The summed E-state index contributed by atoms with van der Waals surface area (Å²) in [6, 6.07) is 23.2. The normalized spacial score (nSPS) is 17.3. The average Bonchev–Trinajstić information content (AvgIpc) is 2.74. The van der Waals surface area contributed by atoms with E-state index in [0.717, 1.165) is 34.3 Å². The van der Waals surface area contributed by atoms with Gasteiger partial charge in [-0.15, -0.1) is 0 Å². The van der Waals surface area contributed by atoms with E-state index in [0.29, 0.717) is 18.7 Å². The fraction of sp³-hybridized carbons (Fsp3) is 0.208. The Hall–Kier alpha value is -3.02. The van der Waals surface area contributed by atoms with E-state index < -0.39 is 5.66 Å². The summed E-state index contributed by atoms with van der Waals surface area (Å²) in [5.74, 6) is 0.770. The largest absolute Gasteiger partial charge is 0.497 e. The topological polar surface area (TPSA) is 44.8 Å². The fourth-order valence-electron chi connectivity index (χ4n) is 4.39. The first kappa shape index (κ1) is 19.0. The van der Waals surface area contributed by atoms with Gasteiger partial charge in [-0.25, -0.2) is 0 Å². The minimum atomic E-state index is -0.499. The Labute approximate surface area is 180 Å². The Morgan fingerprint density at radius 1 is 1.00 bits per heavy atom. The zero-order valence-electron chi connectivity index (χ0n) is 16.6. The quantitative estimate of drug-likeness (QED) is 0.669. The van der Waals surface area contributed by atoms with Gasteiger partial charge in [0.2, 0.25) is 0 Å². The Kier molecular flexibility index (Phi) is 4.65. The van der Waals surface area contributed by atoms with Crippen LogP contribution in [0, 0.1) is 0 Å². The van der Waals surface area contributed by atoms with E-state index in [1.807, 2.05) is 77.7 Å². The second kappa shape index (κ2) is 7.35. The molecule has 0 saturated carbocycles. The molecule has 0 bridgehead atoms. The summed E-state index contributed by atoms with van der Waals surface area (Å²) < 4.78 is 5.29. The van der Waals surface area contributed by atoms with Gasteiger partial charge in [0.05, 0.1) is 12.7 Å². The van der Waals surface area contributed by atoms with Crippen LogP contribution in [-0.2, 0) is 6.54 Å². The van der Waals surface area contributed by atoms with Gasteiger partial charge in [-0.3, -0.25) is 14.6 Å². The van der Waals surface area contributed by atoms with Crippen LogP contribution in [0.25, 0.3) is 0 Å². The Morgan fingerprint density at radius 3 is 2.43 bits per heavy atom. The lowest BCUT2D eigenvalue weighted by molar-refractivity contribution is 0.0609. The van der Waals surface area contributed by atoms with Crippen molar-refractivity contribution in [2.45, 2.75) is 12.2 Å². The molecule has 1 saturated heterocycles. The first-order valence-corrected chi connectivity index (χ1v) is 10.3. The molecule has 5 nitrogen and oxygen atoms in total. The molecule has 1 N–H and O–H groups in total. The van der Waals surface area contributed by atoms with Gasteiger partial charge >= 0.3 is 0 Å². The van der Waals surface area contributed by atoms with Gasteiger partial charge in [0.1, 0.15) is 11.4 Å². The number of carbonyl (C=O) groups is 1. The first-order valence-electron chi connectivity index (χ1n) is 9.91. The van der Waals surface area contributed by atoms with Crippen LogP contribution in [0.4, 0.5) is 11.4 Å². The van der Waals surface area contributed by atoms with Crippen molar-refractivity contribution in [3.8, 4) is 5.75 Å². The Bertz CT molecular complexity index is 1090. The molecule has 30 heavy (non-hydrogen) atoms. The van der Waals surface area contributed by atoms with Crippen molar-refractivity contribution >= 4 is 28.9 Å². The Morgan fingerprint density at radius 2 is 1.70 bits per heavy atom. The summed E-state index contributed by atoms with van der Waals surface area (Å²) in [7, 11) is 1.64. The monoisotopic (exact) mass is 419 g/mol. The third-order valence-electron chi connectivity index (χ3n) is 5.81. The number of nitrogens with one attached hydrogen (secondary N) is 1. The SMILES string of the molecule is COc1ccc(N2C(=O)c3ccccc3NC23CN(Cc2ccccc2Cl)C3)cc1. The van der Waals surface area contributed by atoms with E-state index in [1.165, 1.54) is 0 Å². The molecule has 3 aromatic rings. The molecule has 1 fully saturated rings. The predicted octanol–water partition coefficient (Wildman–Crippen LogP) is 4.63. The van der Waals surface area contributed by atoms with Gasteiger partial charge in [0.25, 0.3) is 5.91 Å². The molecule has 0 atom stereocenters. The minimum absolute atomic E-state index is 0.00640. The van der Waals surface area contributed by atoms with E-state index in [2.05, 4.69) is 10.2 Å². The number of para-hydroxylation sites is 1. The van der Waals surface area contributed by atoms with Crippen molar-refractivity contribution in [2.75, 3.05) is 30.4 Å². The number of halogens is 1. The van der Waals surface area contributed by atoms with Gasteiger partial charge in [-0.05, 0) is 48.0 Å². The number of nitrogens with zero attached hydrogens (tertiary/aromatic N) is 2. The van der Waals surface area contributed by atoms with Gasteiger partial charge in [-0.1, -0.05) is 41.9 Å². The van der Waals surface area contributed by atoms with Crippen LogP contribution in [0.5, 0.6) is 5.75 Å². The summed E-state index contributed by atoms with van der Waals surface area (Å²) in [4.78, 5) is 17.7. The van der Waals surface area contributed by atoms with Crippen LogP contribution in [0.2, 0.25) is 5.02 Å². The lowest BCUT2D eigenvalue weighted by atomic mass is 9.90. The molecule has 1 spiro atoms. The standard InChI is InChI=1S/C24H22ClN3O2/c1-30-19-12-10-18(11-13-19)28-23(29)20-7-3-5-9-22(20)26-24(28)15-27(16-24)14-17-6-2-4-8-21(17)25/h2-13,26H,14-16H2,1H3. The summed E-state index contributed by atoms with van der Waals surface area (Å²) >= 11 is 6.35. The number of ether oxygens (including phenoxy) is 1. The zero-order chi connectivity index (χ0) is 20.7. The van der Waals surface area contributed by atoms with Gasteiger partial charge in [0, 0.05) is 36.0 Å². The number of anilines is 2. The van der Waals surface area contributed by atoms with Crippen LogP contribution in [0.1, 0.15) is 15.9 Å². The van der Waals surface area contributed by atoms with E-state index in [4.69, 9.17) is 16.3 Å². The highest BCUT2D eigenvalue weighted by atomic mass is 35.5. The Balaban J connectivity index is 1.47. The van der Waals surface area contributed by atoms with Crippen LogP contribution in [-0.4, -0.2) is 36.7 Å². The third-order valence-corrected chi connectivity index (χ3v) is 6.18. The molecule has 2 heterocycles. The van der Waals surface area contributed by atoms with Gasteiger partial charge < -0.3 is 10.1 Å². The van der Waals surface area contributed by atoms with Crippen molar-refractivity contribution in [2.24, 2.45) is 0 Å². The van der Waals surface area contributed by atoms with Crippen molar-refractivity contribution < 1.29 is 9.53 Å². The molecule has 0 radical (unpaired) electrons. The number of likely N-dealkylation sites (tertiary alicyclic amines) is 1. The van der Waals surface area contributed by atoms with Gasteiger partial charge in [-0.2, -0.15) is 0 Å².